The predicted molar refractivity (Wildman–Crippen MR) is 113 cm³/mol. The largest absolute Gasteiger partial charge is 0.339 e. The van der Waals surface area contributed by atoms with Crippen molar-refractivity contribution >= 4 is 28.2 Å². The Kier molecular flexibility index (Phi) is 7.28. The highest BCUT2D eigenvalue weighted by molar-refractivity contribution is 7.14. The lowest BCUT2D eigenvalue weighted by Gasteiger charge is -2.30. The zero-order valence-electron chi connectivity index (χ0n) is 17.1. The molecule has 3 heterocycles. The molecule has 10 heteroatoms. The van der Waals surface area contributed by atoms with Gasteiger partial charge in [0, 0.05) is 37.5 Å². The molecule has 1 aliphatic heterocycles. The van der Waals surface area contributed by atoms with Crippen molar-refractivity contribution in [3.63, 3.8) is 0 Å². The van der Waals surface area contributed by atoms with Gasteiger partial charge in [0.05, 0.1) is 30.8 Å². The maximum Gasteiger partial charge on any atom is 0.273 e. The summed E-state index contributed by atoms with van der Waals surface area (Å²) < 4.78 is 0. The molecule has 0 spiro atoms. The molecule has 1 aliphatic rings. The highest BCUT2D eigenvalue weighted by atomic mass is 32.1. The average molecular weight is 425 g/mol. The third-order valence-electron chi connectivity index (χ3n) is 4.94. The number of nitriles is 2. The lowest BCUT2D eigenvalue weighted by atomic mass is 9.94. The van der Waals surface area contributed by atoms with E-state index in [0.717, 1.165) is 31.6 Å². The molecule has 0 aromatic carbocycles. The van der Waals surface area contributed by atoms with Crippen LogP contribution in [-0.4, -0.2) is 63.9 Å². The van der Waals surface area contributed by atoms with E-state index >= 15 is 0 Å². The van der Waals surface area contributed by atoms with Crippen molar-refractivity contribution in [3.05, 3.63) is 28.7 Å². The number of rotatable bonds is 7. The number of carbonyl (C=O) groups excluding carboxylic acids is 1. The van der Waals surface area contributed by atoms with Crippen LogP contribution in [-0.2, 0) is 0 Å². The number of piperidine rings is 1. The second kappa shape index (κ2) is 10.1. The number of amides is 1. The molecule has 0 saturated carbocycles. The number of nitrogens with zero attached hydrogens (tertiary/aromatic N) is 7. The number of likely N-dealkylation sites (tertiary alicyclic amines) is 1. The van der Waals surface area contributed by atoms with E-state index < -0.39 is 0 Å². The molecule has 1 N–H and O–H groups in total. The minimum Gasteiger partial charge on any atom is -0.339 e. The van der Waals surface area contributed by atoms with Gasteiger partial charge >= 0.3 is 0 Å². The topological polar surface area (TPSA) is 122 Å². The van der Waals surface area contributed by atoms with Gasteiger partial charge in [-0.15, -0.1) is 11.3 Å². The first kappa shape index (κ1) is 21.6. The van der Waals surface area contributed by atoms with Crippen LogP contribution in [0, 0.1) is 29.6 Å². The zero-order chi connectivity index (χ0) is 21.5. The number of aryl methyl sites for hydroxylation is 1. The molecule has 0 unspecified atom stereocenters. The molecule has 2 aromatic heterocycles. The van der Waals surface area contributed by atoms with Crippen LogP contribution in [0.15, 0.2) is 11.4 Å². The Morgan fingerprint density at radius 1 is 1.37 bits per heavy atom. The fourth-order valence-electron chi connectivity index (χ4n) is 3.46. The summed E-state index contributed by atoms with van der Waals surface area (Å²) in [6.07, 6.45) is 2.35. The van der Waals surface area contributed by atoms with E-state index in [1.807, 2.05) is 19.1 Å². The lowest BCUT2D eigenvalue weighted by Crippen LogP contribution is -2.35. The van der Waals surface area contributed by atoms with Crippen LogP contribution >= 0.6 is 11.3 Å². The summed E-state index contributed by atoms with van der Waals surface area (Å²) >= 11 is 1.33. The van der Waals surface area contributed by atoms with Crippen molar-refractivity contribution in [2.45, 2.75) is 32.1 Å². The van der Waals surface area contributed by atoms with Crippen LogP contribution in [0.5, 0.6) is 0 Å². The second-order valence-corrected chi connectivity index (χ2v) is 8.11. The quantitative estimate of drug-likeness (QED) is 0.673. The molecular weight excluding hydrogens is 400 g/mol. The minimum absolute atomic E-state index is 0.214. The van der Waals surface area contributed by atoms with Gasteiger partial charge in [0.25, 0.3) is 5.91 Å². The molecule has 0 aliphatic carbocycles. The second-order valence-electron chi connectivity index (χ2n) is 7.26. The molecule has 30 heavy (non-hydrogen) atoms. The van der Waals surface area contributed by atoms with Gasteiger partial charge in [-0.1, -0.05) is 0 Å². The van der Waals surface area contributed by atoms with Crippen LogP contribution in [0.3, 0.4) is 0 Å². The number of nitrogens with one attached hydrogen (secondary N) is 1. The summed E-state index contributed by atoms with van der Waals surface area (Å²) in [4.78, 5) is 29.5. The van der Waals surface area contributed by atoms with Crippen molar-refractivity contribution in [1.29, 1.82) is 10.5 Å². The van der Waals surface area contributed by atoms with Crippen LogP contribution < -0.4 is 5.32 Å². The molecular formula is C20H24N8OS. The monoisotopic (exact) mass is 424 g/mol. The molecule has 9 nitrogen and oxygen atoms in total. The Bertz CT molecular complexity index is 976. The number of aromatic nitrogens is 3. The summed E-state index contributed by atoms with van der Waals surface area (Å²) in [6, 6.07) is 6.18. The van der Waals surface area contributed by atoms with Crippen LogP contribution in [0.4, 0.5) is 10.9 Å². The molecule has 0 radical (unpaired) electrons. The average Bonchev–Trinajstić information content (AvgIpc) is 3.20. The van der Waals surface area contributed by atoms with Gasteiger partial charge in [-0.3, -0.25) is 9.69 Å². The van der Waals surface area contributed by atoms with E-state index in [1.165, 1.54) is 16.2 Å². The summed E-state index contributed by atoms with van der Waals surface area (Å²) in [5.41, 5.74) is 1.30. The summed E-state index contributed by atoms with van der Waals surface area (Å²) in [5, 5.41) is 23.1. The Labute approximate surface area is 180 Å². The molecule has 1 fully saturated rings. The summed E-state index contributed by atoms with van der Waals surface area (Å²) in [6.45, 7) is 4.41. The van der Waals surface area contributed by atoms with E-state index in [2.05, 4.69) is 31.2 Å². The van der Waals surface area contributed by atoms with Crippen molar-refractivity contribution in [1.82, 2.24) is 24.8 Å². The molecule has 1 amide bonds. The van der Waals surface area contributed by atoms with Gasteiger partial charge in [0.15, 0.2) is 5.13 Å². The van der Waals surface area contributed by atoms with Crippen molar-refractivity contribution in [3.8, 4) is 12.1 Å². The Balaban J connectivity index is 1.71. The van der Waals surface area contributed by atoms with Gasteiger partial charge in [-0.25, -0.2) is 15.0 Å². The van der Waals surface area contributed by atoms with Gasteiger partial charge in [0.2, 0.25) is 0 Å². The predicted octanol–water partition coefficient (Wildman–Crippen LogP) is 2.67. The number of hydrogen-bond donors (Lipinski definition) is 1. The third-order valence-corrected chi connectivity index (χ3v) is 5.70. The number of carbonyl (C=O) groups is 1. The molecule has 1 atom stereocenters. The van der Waals surface area contributed by atoms with Crippen LogP contribution in [0.2, 0.25) is 0 Å². The molecule has 3 rings (SSSR count). The molecule has 0 bridgehead atoms. The standard InChI is InChI=1S/C20H24N8OS/c1-14-23-16(15-5-3-9-28(12-15)10-7-22)11-18(24-14)26-20-25-17(13-30-20)19(29)27(2)8-4-6-21/h11,13,15H,3-5,8-10,12H2,1-2H3,(H,23,24,25,26)/t15-/m1/s1. The minimum atomic E-state index is -0.214. The Hall–Kier alpha value is -3.08. The highest BCUT2D eigenvalue weighted by Gasteiger charge is 2.23. The van der Waals surface area contributed by atoms with E-state index in [9.17, 15) is 4.79 Å². The van der Waals surface area contributed by atoms with Crippen molar-refractivity contribution in [2.75, 3.05) is 38.5 Å². The first-order chi connectivity index (χ1) is 14.5. The molecule has 2 aromatic rings. The SMILES string of the molecule is Cc1nc(Nc2nc(C(=O)N(C)CCC#N)cs2)cc([C@@H]2CCCN(CC#N)C2)n1. The number of hydrogen-bond acceptors (Lipinski definition) is 9. The molecule has 1 saturated heterocycles. The van der Waals surface area contributed by atoms with E-state index in [4.69, 9.17) is 10.5 Å². The zero-order valence-corrected chi connectivity index (χ0v) is 17.9. The summed E-state index contributed by atoms with van der Waals surface area (Å²) in [7, 11) is 1.66. The van der Waals surface area contributed by atoms with Crippen LogP contribution in [0.1, 0.15) is 47.2 Å². The van der Waals surface area contributed by atoms with Gasteiger partial charge in [-0.2, -0.15) is 10.5 Å². The lowest BCUT2D eigenvalue weighted by molar-refractivity contribution is 0.0793. The smallest absolute Gasteiger partial charge is 0.273 e. The van der Waals surface area contributed by atoms with E-state index in [0.29, 0.717) is 35.6 Å². The number of thiazole rings is 1. The first-order valence-electron chi connectivity index (χ1n) is 9.80. The molecule has 156 valence electrons. The van der Waals surface area contributed by atoms with Crippen LogP contribution in [0.25, 0.3) is 0 Å². The van der Waals surface area contributed by atoms with E-state index in [1.54, 1.807) is 12.4 Å². The first-order valence-corrected chi connectivity index (χ1v) is 10.7. The van der Waals surface area contributed by atoms with Gasteiger partial charge in [0.1, 0.15) is 17.3 Å². The Morgan fingerprint density at radius 3 is 2.97 bits per heavy atom. The summed E-state index contributed by atoms with van der Waals surface area (Å²) in [5.74, 6) is 1.35. The van der Waals surface area contributed by atoms with Crippen molar-refractivity contribution < 1.29 is 4.79 Å². The fourth-order valence-corrected chi connectivity index (χ4v) is 4.15. The maximum absolute atomic E-state index is 12.4. The fraction of sp³-hybridized carbons (Fsp3) is 0.500. The number of anilines is 2. The normalized spacial score (nSPS) is 16.5. The van der Waals surface area contributed by atoms with E-state index in [-0.39, 0.29) is 18.2 Å². The Morgan fingerprint density at radius 2 is 2.20 bits per heavy atom. The van der Waals surface area contributed by atoms with Gasteiger partial charge < -0.3 is 10.2 Å². The van der Waals surface area contributed by atoms with Crippen molar-refractivity contribution in [2.24, 2.45) is 0 Å². The third kappa shape index (κ3) is 5.50. The highest BCUT2D eigenvalue weighted by Crippen LogP contribution is 2.28. The van der Waals surface area contributed by atoms with Gasteiger partial charge in [-0.05, 0) is 26.3 Å². The maximum atomic E-state index is 12.4.